The molecule has 0 fully saturated rings. The van der Waals surface area contributed by atoms with Gasteiger partial charge in [0, 0.05) is 29.5 Å². The van der Waals surface area contributed by atoms with E-state index in [-0.39, 0.29) is 5.91 Å². The van der Waals surface area contributed by atoms with Crippen LogP contribution in [0.1, 0.15) is 29.3 Å². The minimum Gasteiger partial charge on any atom is -0.393 e. The van der Waals surface area contributed by atoms with E-state index >= 15 is 0 Å². The largest absolute Gasteiger partial charge is 0.393 e. The molecule has 0 saturated carbocycles. The number of thiocarbonyl (C=S) groups is 1. The average molecular weight is 329 g/mol. The lowest BCUT2D eigenvalue weighted by atomic mass is 10.1. The Morgan fingerprint density at radius 2 is 2.17 bits per heavy atom. The molecular weight excluding hydrogens is 312 g/mol. The van der Waals surface area contributed by atoms with Crippen molar-refractivity contribution in [3.63, 3.8) is 0 Å². The van der Waals surface area contributed by atoms with Gasteiger partial charge in [0.05, 0.1) is 4.99 Å². The van der Waals surface area contributed by atoms with Gasteiger partial charge in [-0.05, 0) is 37.6 Å². The molecule has 0 aliphatic carbocycles. The number of hydrogen-bond donors (Lipinski definition) is 1. The molecule has 5 heteroatoms. The summed E-state index contributed by atoms with van der Waals surface area (Å²) < 4.78 is 0.975. The van der Waals surface area contributed by atoms with E-state index in [9.17, 15) is 4.79 Å². The molecule has 0 unspecified atom stereocenters. The number of carbonyl (C=O) groups is 1. The van der Waals surface area contributed by atoms with E-state index in [0.29, 0.717) is 24.5 Å². The van der Waals surface area contributed by atoms with Crippen LogP contribution >= 0.6 is 28.1 Å². The maximum absolute atomic E-state index is 12.3. The summed E-state index contributed by atoms with van der Waals surface area (Å²) >= 11 is 8.23. The van der Waals surface area contributed by atoms with Gasteiger partial charge < -0.3 is 10.6 Å². The summed E-state index contributed by atoms with van der Waals surface area (Å²) in [6, 6.07) is 5.65. The third-order valence-corrected chi connectivity index (χ3v) is 3.41. The van der Waals surface area contributed by atoms with E-state index in [1.165, 1.54) is 0 Å². The van der Waals surface area contributed by atoms with Gasteiger partial charge in [-0.15, -0.1) is 0 Å². The third kappa shape index (κ3) is 4.07. The van der Waals surface area contributed by atoms with Gasteiger partial charge in [0.25, 0.3) is 5.91 Å². The molecule has 2 N–H and O–H groups in total. The maximum Gasteiger partial charge on any atom is 0.254 e. The standard InChI is InChI=1S/C13H17BrN2OS/c1-3-16(7-6-12(15)18)13(17)11-5-4-10(14)8-9(11)2/h4-5,8H,3,6-7H2,1-2H3,(H2,15,18). The van der Waals surface area contributed by atoms with Crippen molar-refractivity contribution < 1.29 is 4.79 Å². The minimum atomic E-state index is 0.0266. The second-order valence-corrected chi connectivity index (χ2v) is 5.50. The molecule has 1 amide bonds. The molecule has 0 bridgehead atoms. The second kappa shape index (κ2) is 6.85. The Morgan fingerprint density at radius 1 is 1.50 bits per heavy atom. The minimum absolute atomic E-state index is 0.0266. The first-order valence-corrected chi connectivity index (χ1v) is 6.99. The van der Waals surface area contributed by atoms with E-state index in [2.05, 4.69) is 15.9 Å². The highest BCUT2D eigenvalue weighted by Gasteiger charge is 2.16. The van der Waals surface area contributed by atoms with Gasteiger partial charge in [0.2, 0.25) is 0 Å². The Kier molecular flexibility index (Phi) is 5.75. The predicted molar refractivity (Wildman–Crippen MR) is 81.9 cm³/mol. The van der Waals surface area contributed by atoms with Gasteiger partial charge in [-0.2, -0.15) is 0 Å². The van der Waals surface area contributed by atoms with Crippen molar-refractivity contribution >= 4 is 39.0 Å². The monoisotopic (exact) mass is 328 g/mol. The molecule has 18 heavy (non-hydrogen) atoms. The van der Waals surface area contributed by atoms with Crippen molar-refractivity contribution in [1.82, 2.24) is 4.90 Å². The molecule has 0 heterocycles. The number of nitrogens with zero attached hydrogens (tertiary/aromatic N) is 1. The molecule has 0 radical (unpaired) electrons. The van der Waals surface area contributed by atoms with Crippen LogP contribution in [-0.2, 0) is 0 Å². The van der Waals surface area contributed by atoms with Gasteiger partial charge in [-0.25, -0.2) is 0 Å². The van der Waals surface area contributed by atoms with Crippen LogP contribution in [0.5, 0.6) is 0 Å². The molecule has 3 nitrogen and oxygen atoms in total. The van der Waals surface area contributed by atoms with Crippen LogP contribution in [0.2, 0.25) is 0 Å². The van der Waals surface area contributed by atoms with Crippen LogP contribution in [0.3, 0.4) is 0 Å². The lowest BCUT2D eigenvalue weighted by molar-refractivity contribution is 0.0768. The fourth-order valence-corrected chi connectivity index (χ4v) is 2.25. The lowest BCUT2D eigenvalue weighted by Gasteiger charge is -2.21. The van der Waals surface area contributed by atoms with Crippen LogP contribution in [0, 0.1) is 6.92 Å². The Balaban J connectivity index is 2.86. The van der Waals surface area contributed by atoms with Crippen LogP contribution in [0.25, 0.3) is 0 Å². The number of aryl methyl sites for hydroxylation is 1. The van der Waals surface area contributed by atoms with Crippen molar-refractivity contribution in [1.29, 1.82) is 0 Å². The zero-order valence-corrected chi connectivity index (χ0v) is 13.0. The summed E-state index contributed by atoms with van der Waals surface area (Å²) in [7, 11) is 0. The third-order valence-electron chi connectivity index (χ3n) is 2.72. The topological polar surface area (TPSA) is 46.3 Å². The first kappa shape index (κ1) is 15.1. The molecule has 0 saturated heterocycles. The number of hydrogen-bond acceptors (Lipinski definition) is 2. The van der Waals surface area contributed by atoms with Gasteiger partial charge in [-0.1, -0.05) is 28.1 Å². The molecule has 1 aromatic carbocycles. The second-order valence-electron chi connectivity index (χ2n) is 4.06. The number of amides is 1. The number of carbonyl (C=O) groups excluding carboxylic acids is 1. The average Bonchev–Trinajstić information content (AvgIpc) is 2.29. The Morgan fingerprint density at radius 3 is 2.67 bits per heavy atom. The Hall–Kier alpha value is -0.940. The summed E-state index contributed by atoms with van der Waals surface area (Å²) in [5.41, 5.74) is 7.16. The summed E-state index contributed by atoms with van der Waals surface area (Å²) in [4.78, 5) is 14.5. The van der Waals surface area contributed by atoms with Crippen molar-refractivity contribution in [2.45, 2.75) is 20.3 Å². The number of nitrogens with two attached hydrogens (primary N) is 1. The van der Waals surface area contributed by atoms with Crippen LogP contribution in [0.15, 0.2) is 22.7 Å². The predicted octanol–water partition coefficient (Wildman–Crippen LogP) is 2.90. The number of rotatable bonds is 5. The quantitative estimate of drug-likeness (QED) is 0.845. The normalized spacial score (nSPS) is 10.2. The van der Waals surface area contributed by atoms with Crippen molar-refractivity contribution in [3.8, 4) is 0 Å². The molecule has 0 spiro atoms. The SMILES string of the molecule is CCN(CCC(N)=S)C(=O)c1ccc(Br)cc1C. The van der Waals surface area contributed by atoms with Gasteiger partial charge in [0.15, 0.2) is 0 Å². The van der Waals surface area contributed by atoms with E-state index < -0.39 is 0 Å². The number of halogens is 1. The highest BCUT2D eigenvalue weighted by molar-refractivity contribution is 9.10. The molecule has 98 valence electrons. The first-order chi connectivity index (χ1) is 8.45. The molecule has 1 aromatic rings. The first-order valence-electron chi connectivity index (χ1n) is 5.79. The molecule has 0 aliphatic rings. The van der Waals surface area contributed by atoms with Gasteiger partial charge >= 0.3 is 0 Å². The summed E-state index contributed by atoms with van der Waals surface area (Å²) in [5.74, 6) is 0.0266. The summed E-state index contributed by atoms with van der Waals surface area (Å²) in [5, 5.41) is 0. The van der Waals surface area contributed by atoms with Gasteiger partial charge in [0.1, 0.15) is 0 Å². The molecule has 0 aliphatic heterocycles. The Bertz CT molecular complexity index is 462. The smallest absolute Gasteiger partial charge is 0.254 e. The van der Waals surface area contributed by atoms with E-state index in [1.807, 2.05) is 32.0 Å². The van der Waals surface area contributed by atoms with Crippen molar-refractivity contribution in [3.05, 3.63) is 33.8 Å². The molecule has 0 aromatic heterocycles. The lowest BCUT2D eigenvalue weighted by Crippen LogP contribution is -2.34. The molecule has 1 rings (SSSR count). The summed E-state index contributed by atoms with van der Waals surface area (Å²) in [6.45, 7) is 5.10. The van der Waals surface area contributed by atoms with Crippen LogP contribution in [0.4, 0.5) is 0 Å². The van der Waals surface area contributed by atoms with Crippen molar-refractivity contribution in [2.24, 2.45) is 5.73 Å². The maximum atomic E-state index is 12.3. The van der Waals surface area contributed by atoms with Crippen molar-refractivity contribution in [2.75, 3.05) is 13.1 Å². The zero-order chi connectivity index (χ0) is 13.7. The fourth-order valence-electron chi connectivity index (χ4n) is 1.69. The highest BCUT2D eigenvalue weighted by atomic mass is 79.9. The number of benzene rings is 1. The van der Waals surface area contributed by atoms with Crippen LogP contribution in [-0.4, -0.2) is 28.9 Å². The zero-order valence-electron chi connectivity index (χ0n) is 10.6. The highest BCUT2D eigenvalue weighted by Crippen LogP contribution is 2.17. The molecule has 0 atom stereocenters. The van der Waals surface area contributed by atoms with Crippen LogP contribution < -0.4 is 5.73 Å². The van der Waals surface area contributed by atoms with E-state index in [0.717, 1.165) is 15.6 Å². The fraction of sp³-hybridized carbons (Fsp3) is 0.385. The van der Waals surface area contributed by atoms with E-state index in [4.69, 9.17) is 18.0 Å². The molecular formula is C13H17BrN2OS. The Labute approximate surface area is 121 Å². The summed E-state index contributed by atoms with van der Waals surface area (Å²) in [6.07, 6.45) is 0.560. The van der Waals surface area contributed by atoms with E-state index in [1.54, 1.807) is 4.90 Å². The van der Waals surface area contributed by atoms with Gasteiger partial charge in [-0.3, -0.25) is 4.79 Å².